The molecule has 0 saturated heterocycles. The number of nitrogens with zero attached hydrogens (tertiary/aromatic N) is 1. The normalized spacial score (nSPS) is 11.0. The van der Waals surface area contributed by atoms with Gasteiger partial charge in [0.15, 0.2) is 6.61 Å². The molecule has 0 aliphatic rings. The van der Waals surface area contributed by atoms with Crippen LogP contribution in [0.1, 0.15) is 29.2 Å². The molecule has 4 heteroatoms. The fourth-order valence-electron chi connectivity index (χ4n) is 4.10. The van der Waals surface area contributed by atoms with Gasteiger partial charge in [0.05, 0.1) is 12.3 Å². The van der Waals surface area contributed by atoms with Crippen LogP contribution in [0.3, 0.4) is 0 Å². The number of hydrogen-bond donors (Lipinski definition) is 0. The van der Waals surface area contributed by atoms with Crippen molar-refractivity contribution in [2.24, 2.45) is 0 Å². The second-order valence-electron chi connectivity index (χ2n) is 8.18. The van der Waals surface area contributed by atoms with E-state index in [1.807, 2.05) is 12.1 Å². The van der Waals surface area contributed by atoms with Gasteiger partial charge in [-0.3, -0.25) is 0 Å². The van der Waals surface area contributed by atoms with Gasteiger partial charge in [-0.1, -0.05) is 53.6 Å². The summed E-state index contributed by atoms with van der Waals surface area (Å²) in [5.41, 5.74) is 8.66. The van der Waals surface area contributed by atoms with Crippen LogP contribution in [0, 0.1) is 20.8 Å². The van der Waals surface area contributed by atoms with E-state index >= 15 is 0 Å². The average molecular weight is 428 g/mol. The molecule has 0 amide bonds. The number of esters is 1. The monoisotopic (exact) mass is 427 g/mol. The summed E-state index contributed by atoms with van der Waals surface area (Å²) in [6.07, 6.45) is 0. The Balaban J connectivity index is 1.67. The van der Waals surface area contributed by atoms with Gasteiger partial charge >= 0.3 is 5.97 Å². The molecule has 1 aromatic heterocycles. The zero-order chi connectivity index (χ0) is 22.7. The Morgan fingerprint density at radius 2 is 1.56 bits per heavy atom. The van der Waals surface area contributed by atoms with E-state index in [9.17, 15) is 4.79 Å². The summed E-state index contributed by atoms with van der Waals surface area (Å²) in [5, 5.41) is 1.29. The maximum atomic E-state index is 11.5. The van der Waals surface area contributed by atoms with Crippen LogP contribution in [0.25, 0.3) is 22.2 Å². The standard InChI is InChI=1S/C28H29NO3/c1-5-31-27(30)18-32-24-13-9-22(10-14-24)17-29-26-15-8-20(3)16-25(26)21(4)28(29)23-11-6-19(2)7-12-23/h6-16H,5,17-18H2,1-4H3. The molecule has 0 radical (unpaired) electrons. The van der Waals surface area contributed by atoms with Gasteiger partial charge in [0, 0.05) is 17.4 Å². The molecular formula is C28H29NO3. The maximum Gasteiger partial charge on any atom is 0.344 e. The summed E-state index contributed by atoms with van der Waals surface area (Å²) >= 11 is 0. The first-order valence-corrected chi connectivity index (χ1v) is 11.0. The number of fused-ring (bicyclic) bond motifs is 1. The molecule has 4 nitrogen and oxygen atoms in total. The summed E-state index contributed by atoms with van der Waals surface area (Å²) in [7, 11) is 0. The van der Waals surface area contributed by atoms with Gasteiger partial charge in [-0.2, -0.15) is 0 Å². The molecule has 0 unspecified atom stereocenters. The molecule has 0 bridgehead atoms. The Morgan fingerprint density at radius 3 is 2.25 bits per heavy atom. The number of carbonyl (C=O) groups excluding carboxylic acids is 1. The number of carbonyl (C=O) groups is 1. The summed E-state index contributed by atoms with van der Waals surface area (Å²) < 4.78 is 12.8. The van der Waals surface area contributed by atoms with Crippen molar-refractivity contribution < 1.29 is 14.3 Å². The fourth-order valence-corrected chi connectivity index (χ4v) is 4.10. The Kier molecular flexibility index (Phi) is 6.31. The molecule has 0 N–H and O–H groups in total. The molecule has 32 heavy (non-hydrogen) atoms. The van der Waals surface area contributed by atoms with Gasteiger partial charge in [-0.05, 0) is 68.7 Å². The highest BCUT2D eigenvalue weighted by Gasteiger charge is 2.16. The van der Waals surface area contributed by atoms with Gasteiger partial charge in [0.1, 0.15) is 5.75 Å². The molecule has 0 fully saturated rings. The van der Waals surface area contributed by atoms with E-state index in [-0.39, 0.29) is 12.6 Å². The lowest BCUT2D eigenvalue weighted by atomic mass is 10.0. The Bertz CT molecular complexity index is 1230. The van der Waals surface area contributed by atoms with Crippen LogP contribution in [-0.2, 0) is 16.1 Å². The number of benzene rings is 3. The lowest BCUT2D eigenvalue weighted by molar-refractivity contribution is -0.145. The third-order valence-corrected chi connectivity index (χ3v) is 5.72. The van der Waals surface area contributed by atoms with Crippen molar-refractivity contribution in [1.29, 1.82) is 0 Å². The minimum absolute atomic E-state index is 0.0778. The zero-order valence-corrected chi connectivity index (χ0v) is 19.1. The van der Waals surface area contributed by atoms with E-state index in [4.69, 9.17) is 9.47 Å². The fraction of sp³-hybridized carbons (Fsp3) is 0.250. The van der Waals surface area contributed by atoms with Crippen LogP contribution >= 0.6 is 0 Å². The van der Waals surface area contributed by atoms with E-state index < -0.39 is 0 Å². The van der Waals surface area contributed by atoms with E-state index in [1.165, 1.54) is 44.4 Å². The van der Waals surface area contributed by atoms with Crippen molar-refractivity contribution in [2.75, 3.05) is 13.2 Å². The van der Waals surface area contributed by atoms with Crippen molar-refractivity contribution in [2.45, 2.75) is 34.2 Å². The van der Waals surface area contributed by atoms with E-state index in [1.54, 1.807) is 6.92 Å². The SMILES string of the molecule is CCOC(=O)COc1ccc(Cn2c(-c3ccc(C)cc3)c(C)c3cc(C)ccc32)cc1. The number of aryl methyl sites for hydroxylation is 3. The summed E-state index contributed by atoms with van der Waals surface area (Å²) in [5.74, 6) is 0.300. The molecule has 0 atom stereocenters. The molecule has 0 saturated carbocycles. The number of aromatic nitrogens is 1. The summed E-state index contributed by atoms with van der Waals surface area (Å²) in [6, 6.07) is 23.3. The first-order valence-electron chi connectivity index (χ1n) is 11.0. The molecule has 1 heterocycles. The Morgan fingerprint density at radius 1 is 0.875 bits per heavy atom. The van der Waals surface area contributed by atoms with Crippen LogP contribution in [0.2, 0.25) is 0 Å². The van der Waals surface area contributed by atoms with Crippen LogP contribution in [0.4, 0.5) is 0 Å². The molecule has 0 spiro atoms. The largest absolute Gasteiger partial charge is 0.482 e. The van der Waals surface area contributed by atoms with E-state index in [2.05, 4.69) is 79.9 Å². The topological polar surface area (TPSA) is 40.5 Å². The Labute approximate surface area is 189 Å². The zero-order valence-electron chi connectivity index (χ0n) is 19.1. The lowest BCUT2D eigenvalue weighted by Gasteiger charge is -2.13. The Hall–Kier alpha value is -3.53. The second-order valence-corrected chi connectivity index (χ2v) is 8.18. The molecule has 4 aromatic rings. The summed E-state index contributed by atoms with van der Waals surface area (Å²) in [4.78, 5) is 11.5. The molecule has 164 valence electrons. The highest BCUT2D eigenvalue weighted by Crippen LogP contribution is 2.34. The number of ether oxygens (including phenoxy) is 2. The molecule has 0 aliphatic carbocycles. The molecular weight excluding hydrogens is 398 g/mol. The van der Waals surface area contributed by atoms with Crippen LogP contribution in [0.5, 0.6) is 5.75 Å². The van der Waals surface area contributed by atoms with Crippen molar-refractivity contribution >= 4 is 16.9 Å². The van der Waals surface area contributed by atoms with Crippen molar-refractivity contribution in [3.8, 4) is 17.0 Å². The predicted molar refractivity (Wildman–Crippen MR) is 129 cm³/mol. The predicted octanol–water partition coefficient (Wildman–Crippen LogP) is 6.22. The minimum atomic E-state index is -0.358. The van der Waals surface area contributed by atoms with Crippen molar-refractivity contribution in [1.82, 2.24) is 4.57 Å². The van der Waals surface area contributed by atoms with E-state index in [0.717, 1.165) is 6.54 Å². The van der Waals surface area contributed by atoms with Gasteiger partial charge in [-0.25, -0.2) is 4.79 Å². The second kappa shape index (κ2) is 9.31. The molecule has 3 aromatic carbocycles. The van der Waals surface area contributed by atoms with E-state index in [0.29, 0.717) is 12.4 Å². The van der Waals surface area contributed by atoms with Crippen molar-refractivity contribution in [3.63, 3.8) is 0 Å². The highest BCUT2D eigenvalue weighted by molar-refractivity contribution is 5.92. The minimum Gasteiger partial charge on any atom is -0.482 e. The summed E-state index contributed by atoms with van der Waals surface area (Å²) in [6.45, 7) is 9.26. The first-order chi connectivity index (χ1) is 15.5. The van der Waals surface area contributed by atoms with Gasteiger partial charge in [-0.15, -0.1) is 0 Å². The third kappa shape index (κ3) is 4.54. The first kappa shape index (κ1) is 21.7. The van der Waals surface area contributed by atoms with Crippen LogP contribution in [-0.4, -0.2) is 23.8 Å². The van der Waals surface area contributed by atoms with Gasteiger partial charge < -0.3 is 14.0 Å². The molecule has 0 aliphatic heterocycles. The number of rotatable bonds is 7. The van der Waals surface area contributed by atoms with Crippen molar-refractivity contribution in [3.05, 3.63) is 89.0 Å². The quantitative estimate of drug-likeness (QED) is 0.329. The van der Waals surface area contributed by atoms with Gasteiger partial charge in [0.2, 0.25) is 0 Å². The average Bonchev–Trinajstić information content (AvgIpc) is 3.05. The van der Waals surface area contributed by atoms with Crippen LogP contribution < -0.4 is 4.74 Å². The lowest BCUT2D eigenvalue weighted by Crippen LogP contribution is -2.14. The smallest absolute Gasteiger partial charge is 0.344 e. The number of hydrogen-bond acceptors (Lipinski definition) is 3. The van der Waals surface area contributed by atoms with Gasteiger partial charge in [0.25, 0.3) is 0 Å². The van der Waals surface area contributed by atoms with Crippen LogP contribution in [0.15, 0.2) is 66.7 Å². The highest BCUT2D eigenvalue weighted by atomic mass is 16.6. The molecule has 4 rings (SSSR count). The maximum absolute atomic E-state index is 11.5. The third-order valence-electron chi connectivity index (χ3n) is 5.72.